The highest BCUT2D eigenvalue weighted by atomic mass is 16.5. The lowest BCUT2D eigenvalue weighted by Crippen LogP contribution is -2.37. The molecule has 1 aliphatic rings. The van der Waals surface area contributed by atoms with Gasteiger partial charge in [0, 0.05) is 43.8 Å². The molecule has 3 N–H and O–H groups in total. The molecule has 1 aromatic carbocycles. The summed E-state index contributed by atoms with van der Waals surface area (Å²) in [5, 5.41) is 16.6. The van der Waals surface area contributed by atoms with Gasteiger partial charge in [-0.15, -0.1) is 0 Å². The van der Waals surface area contributed by atoms with Crippen LogP contribution in [0.25, 0.3) is 11.1 Å². The summed E-state index contributed by atoms with van der Waals surface area (Å²) in [6.07, 6.45) is 8.97. The van der Waals surface area contributed by atoms with Crippen LogP contribution in [-0.2, 0) is 17.6 Å². The fourth-order valence-electron chi connectivity index (χ4n) is 5.26. The maximum atomic E-state index is 12.2. The fraction of sp³-hybridized carbons (Fsp3) is 0.353. The molecule has 3 aromatic heterocycles. The number of hydrogen-bond acceptors (Lipinski definition) is 8. The smallest absolute Gasteiger partial charge is 0.326 e. The van der Waals surface area contributed by atoms with Gasteiger partial charge in [0.1, 0.15) is 24.3 Å². The van der Waals surface area contributed by atoms with Gasteiger partial charge in [-0.05, 0) is 86.0 Å². The number of pyridine rings is 3. The summed E-state index contributed by atoms with van der Waals surface area (Å²) in [7, 11) is 0. The number of anilines is 2. The summed E-state index contributed by atoms with van der Waals surface area (Å²) in [6, 6.07) is 23.0. The van der Waals surface area contributed by atoms with Gasteiger partial charge < -0.3 is 20.5 Å². The van der Waals surface area contributed by atoms with Crippen LogP contribution in [0.5, 0.6) is 5.88 Å². The van der Waals surface area contributed by atoms with E-state index in [1.807, 2.05) is 60.7 Å². The average molecular weight is 581 g/mol. The van der Waals surface area contributed by atoms with E-state index >= 15 is 0 Å². The molecule has 43 heavy (non-hydrogen) atoms. The van der Waals surface area contributed by atoms with Gasteiger partial charge in [-0.2, -0.15) is 0 Å². The van der Waals surface area contributed by atoms with Crippen LogP contribution in [0, 0.1) is 0 Å². The van der Waals surface area contributed by atoms with Gasteiger partial charge in [-0.25, -0.2) is 19.7 Å². The van der Waals surface area contributed by atoms with Crippen LogP contribution in [0.3, 0.4) is 0 Å². The van der Waals surface area contributed by atoms with E-state index in [9.17, 15) is 9.90 Å². The largest absolute Gasteiger partial charge is 0.480 e. The normalized spacial score (nSPS) is 13.1. The molecule has 9 heteroatoms. The quantitative estimate of drug-likeness (QED) is 0.147. The molecule has 0 bridgehead atoms. The van der Waals surface area contributed by atoms with Crippen molar-refractivity contribution in [1.29, 1.82) is 0 Å². The molecule has 0 unspecified atom stereocenters. The van der Waals surface area contributed by atoms with Gasteiger partial charge >= 0.3 is 5.97 Å². The van der Waals surface area contributed by atoms with Crippen LogP contribution in [0.4, 0.5) is 11.6 Å². The molecule has 224 valence electrons. The second-order valence-corrected chi connectivity index (χ2v) is 10.8. The highest BCUT2D eigenvalue weighted by Gasteiger charge is 2.20. The summed E-state index contributed by atoms with van der Waals surface area (Å²) in [5.74, 6) is 1.27. The first kappa shape index (κ1) is 30.0. The molecule has 4 heterocycles. The molecule has 0 aliphatic carbocycles. The predicted octanol–water partition coefficient (Wildman–Crippen LogP) is 5.56. The van der Waals surface area contributed by atoms with Crippen molar-refractivity contribution in [3.05, 3.63) is 96.4 Å². The van der Waals surface area contributed by atoms with E-state index in [0.29, 0.717) is 37.8 Å². The Morgan fingerprint density at radius 3 is 2.67 bits per heavy atom. The zero-order valence-corrected chi connectivity index (χ0v) is 24.5. The van der Waals surface area contributed by atoms with Gasteiger partial charge in [-0.3, -0.25) is 4.90 Å². The number of ether oxygens (including phenoxy) is 1. The Morgan fingerprint density at radius 1 is 0.953 bits per heavy atom. The number of benzene rings is 1. The summed E-state index contributed by atoms with van der Waals surface area (Å²) in [5.41, 5.74) is 4.46. The number of hydrogen-bond donors (Lipinski definition) is 3. The zero-order valence-electron chi connectivity index (χ0n) is 24.5. The molecule has 9 nitrogen and oxygen atoms in total. The van der Waals surface area contributed by atoms with Gasteiger partial charge in [-0.1, -0.05) is 42.5 Å². The lowest BCUT2D eigenvalue weighted by atomic mass is 10.1. The number of fused-ring (bicyclic) bond motifs is 1. The molecule has 1 atom stereocenters. The van der Waals surface area contributed by atoms with Crippen LogP contribution >= 0.6 is 0 Å². The van der Waals surface area contributed by atoms with E-state index in [4.69, 9.17) is 9.72 Å². The molecule has 0 amide bonds. The van der Waals surface area contributed by atoms with Crippen LogP contribution in [0.2, 0.25) is 0 Å². The number of aliphatic carboxylic acids is 1. The Morgan fingerprint density at radius 2 is 1.84 bits per heavy atom. The third kappa shape index (κ3) is 9.24. The number of rotatable bonds is 16. The number of carboxylic acids is 1. The standard InChI is InChI=1S/C34H40N6O3/c41-34(42)30(39-31-25-28(16-20-35-31)26-9-2-1-3-10-26)17-22-40(23-24-43-32-13-4-6-18-36-32)21-7-5-12-29-15-14-27-11-8-19-37-33(27)38-29/h1-4,6,9-10,13-16,18,20,25,30H,5,7-8,11-12,17,19,21-24H2,(H,35,39)(H,37,38)(H,41,42)/t30-/m0/s1. The van der Waals surface area contributed by atoms with Crippen LogP contribution < -0.4 is 15.4 Å². The van der Waals surface area contributed by atoms with Crippen molar-refractivity contribution in [1.82, 2.24) is 19.9 Å². The van der Waals surface area contributed by atoms with Gasteiger partial charge in [0.15, 0.2) is 0 Å². The van der Waals surface area contributed by atoms with E-state index in [-0.39, 0.29) is 0 Å². The Bertz CT molecular complexity index is 1440. The summed E-state index contributed by atoms with van der Waals surface area (Å²) >= 11 is 0. The van der Waals surface area contributed by atoms with E-state index < -0.39 is 12.0 Å². The second kappa shape index (κ2) is 15.7. The van der Waals surface area contributed by atoms with Crippen molar-refractivity contribution in [3.8, 4) is 17.0 Å². The topological polar surface area (TPSA) is 112 Å². The lowest BCUT2D eigenvalue weighted by molar-refractivity contribution is -0.138. The van der Waals surface area contributed by atoms with E-state index in [1.165, 1.54) is 5.56 Å². The number of aryl methyl sites for hydroxylation is 2. The van der Waals surface area contributed by atoms with Crippen molar-refractivity contribution in [2.75, 3.05) is 43.4 Å². The van der Waals surface area contributed by atoms with Crippen molar-refractivity contribution >= 4 is 17.6 Å². The molecule has 4 aromatic rings. The summed E-state index contributed by atoms with van der Waals surface area (Å²) < 4.78 is 5.86. The number of nitrogens with one attached hydrogen (secondary N) is 2. The molecule has 0 saturated carbocycles. The molecular weight excluding hydrogens is 540 g/mol. The number of nitrogens with zero attached hydrogens (tertiary/aromatic N) is 4. The molecule has 0 spiro atoms. The number of aromatic nitrogens is 3. The first-order valence-electron chi connectivity index (χ1n) is 15.1. The molecule has 1 aliphatic heterocycles. The number of carboxylic acid groups (broad SMARTS) is 1. The lowest BCUT2D eigenvalue weighted by Gasteiger charge is -2.24. The van der Waals surface area contributed by atoms with Crippen LogP contribution in [-0.4, -0.2) is 69.8 Å². The van der Waals surface area contributed by atoms with E-state index in [2.05, 4.69) is 37.6 Å². The van der Waals surface area contributed by atoms with Crippen molar-refractivity contribution in [2.24, 2.45) is 0 Å². The SMILES string of the molecule is O=C(O)[C@H](CCN(CCCCc1ccc2c(n1)NCCC2)CCOc1ccccn1)Nc1cc(-c2ccccc2)ccn1. The Balaban J connectivity index is 1.16. The number of carbonyl (C=O) groups is 1. The third-order valence-electron chi connectivity index (χ3n) is 7.63. The number of unbranched alkanes of at least 4 members (excludes halogenated alkanes) is 1. The van der Waals surface area contributed by atoms with Crippen molar-refractivity contribution < 1.29 is 14.6 Å². The Hall–Kier alpha value is -4.50. The summed E-state index contributed by atoms with van der Waals surface area (Å²) in [6.45, 7) is 3.57. The highest BCUT2D eigenvalue weighted by Crippen LogP contribution is 2.22. The molecule has 0 saturated heterocycles. The maximum absolute atomic E-state index is 12.2. The van der Waals surface area contributed by atoms with Crippen molar-refractivity contribution in [3.63, 3.8) is 0 Å². The molecular formula is C34H40N6O3. The fourth-order valence-corrected chi connectivity index (χ4v) is 5.26. The molecule has 0 fully saturated rings. The molecule has 5 rings (SSSR count). The highest BCUT2D eigenvalue weighted by molar-refractivity contribution is 5.77. The minimum absolute atomic E-state index is 0.425. The minimum Gasteiger partial charge on any atom is -0.480 e. The van der Waals surface area contributed by atoms with Crippen molar-refractivity contribution in [2.45, 2.75) is 44.6 Å². The van der Waals surface area contributed by atoms with Gasteiger partial charge in [0.25, 0.3) is 0 Å². The third-order valence-corrected chi connectivity index (χ3v) is 7.63. The van der Waals surface area contributed by atoms with E-state index in [1.54, 1.807) is 12.4 Å². The maximum Gasteiger partial charge on any atom is 0.326 e. The van der Waals surface area contributed by atoms with Crippen LogP contribution in [0.15, 0.2) is 85.2 Å². The molecule has 0 radical (unpaired) electrons. The first-order chi connectivity index (χ1) is 21.1. The zero-order chi connectivity index (χ0) is 29.7. The van der Waals surface area contributed by atoms with Crippen LogP contribution in [0.1, 0.15) is 36.9 Å². The van der Waals surface area contributed by atoms with E-state index in [0.717, 1.165) is 67.8 Å². The monoisotopic (exact) mass is 580 g/mol. The minimum atomic E-state index is -0.899. The predicted molar refractivity (Wildman–Crippen MR) is 169 cm³/mol. The Kier molecular flexibility index (Phi) is 10.9. The first-order valence-corrected chi connectivity index (χ1v) is 15.1. The van der Waals surface area contributed by atoms with Gasteiger partial charge in [0.05, 0.1) is 0 Å². The average Bonchev–Trinajstić information content (AvgIpc) is 3.05. The Labute approximate surface area is 253 Å². The van der Waals surface area contributed by atoms with Gasteiger partial charge in [0.2, 0.25) is 5.88 Å². The summed E-state index contributed by atoms with van der Waals surface area (Å²) in [4.78, 5) is 28.0. The second-order valence-electron chi connectivity index (χ2n) is 10.8.